The summed E-state index contributed by atoms with van der Waals surface area (Å²) < 4.78 is 11.4. The highest BCUT2D eigenvalue weighted by molar-refractivity contribution is 5.93. The topological polar surface area (TPSA) is 81.2 Å². The van der Waals surface area contributed by atoms with Crippen molar-refractivity contribution in [3.8, 4) is 17.0 Å². The molecule has 3 rings (SSSR count). The second-order valence-corrected chi connectivity index (χ2v) is 9.16. The molecule has 8 heteroatoms. The minimum absolute atomic E-state index is 0.210. The van der Waals surface area contributed by atoms with Gasteiger partial charge >= 0.3 is 6.09 Å². The number of carbonyl (C=O) groups excluding carboxylic acids is 2. The van der Waals surface area contributed by atoms with Crippen LogP contribution in [0.5, 0.6) is 5.75 Å². The number of likely N-dealkylation sites (tertiary alicyclic amines) is 1. The largest absolute Gasteiger partial charge is 0.492 e. The summed E-state index contributed by atoms with van der Waals surface area (Å²) in [5.74, 6) is 0.887. The highest BCUT2D eigenvalue weighted by atomic mass is 16.7. The van der Waals surface area contributed by atoms with Crippen LogP contribution in [-0.2, 0) is 9.57 Å². The predicted molar refractivity (Wildman–Crippen MR) is 125 cm³/mol. The number of carbonyl (C=O) groups is 2. The first-order valence-corrected chi connectivity index (χ1v) is 11.2. The summed E-state index contributed by atoms with van der Waals surface area (Å²) in [5.41, 5.74) is 1.77. The van der Waals surface area contributed by atoms with Crippen molar-refractivity contribution >= 4 is 12.0 Å². The molecular weight excluding hydrogens is 422 g/mol. The van der Waals surface area contributed by atoms with Crippen molar-refractivity contribution in [3.63, 3.8) is 0 Å². The highest BCUT2D eigenvalue weighted by Gasteiger charge is 2.27. The van der Waals surface area contributed by atoms with Gasteiger partial charge in [0.15, 0.2) is 0 Å². The molecule has 0 radical (unpaired) electrons. The Labute approximate surface area is 195 Å². The first kappa shape index (κ1) is 24.5. The van der Waals surface area contributed by atoms with E-state index in [1.54, 1.807) is 30.3 Å². The number of aromatic nitrogens is 1. The summed E-state index contributed by atoms with van der Waals surface area (Å²) in [5, 5.41) is 1.18. The van der Waals surface area contributed by atoms with E-state index in [1.807, 2.05) is 45.0 Å². The molecule has 2 heterocycles. The Kier molecular flexibility index (Phi) is 7.92. The zero-order valence-corrected chi connectivity index (χ0v) is 20.0. The van der Waals surface area contributed by atoms with Crippen LogP contribution in [0.25, 0.3) is 11.3 Å². The Morgan fingerprint density at radius 2 is 1.76 bits per heavy atom. The lowest BCUT2D eigenvalue weighted by molar-refractivity contribution is -0.0756. The Balaban J connectivity index is 1.48. The van der Waals surface area contributed by atoms with Gasteiger partial charge in [0.2, 0.25) is 0 Å². The third-order valence-corrected chi connectivity index (χ3v) is 5.48. The molecule has 0 atom stereocenters. The van der Waals surface area contributed by atoms with Crippen molar-refractivity contribution in [3.05, 3.63) is 48.2 Å². The molecular formula is C25H33N3O5. The summed E-state index contributed by atoms with van der Waals surface area (Å²) in [6.07, 6.45) is 3.23. The molecule has 2 aromatic rings. The molecule has 0 saturated carbocycles. The Morgan fingerprint density at radius 3 is 2.30 bits per heavy atom. The van der Waals surface area contributed by atoms with E-state index in [1.165, 1.54) is 12.2 Å². The minimum Gasteiger partial charge on any atom is -0.492 e. The van der Waals surface area contributed by atoms with Gasteiger partial charge in [-0.2, -0.15) is 0 Å². The number of nitrogens with zero attached hydrogens (tertiary/aromatic N) is 3. The van der Waals surface area contributed by atoms with Gasteiger partial charge in [-0.05, 0) is 63.8 Å². The zero-order valence-electron chi connectivity index (χ0n) is 20.0. The molecule has 1 aromatic heterocycles. The molecule has 2 amide bonds. The third kappa shape index (κ3) is 6.92. The molecule has 0 N–H and O–H groups in total. The SMILES string of the molecule is CON(C)C(=O)c1ccc(-c2ccc(OCC3CCN(C(=O)OC(C)(C)C)CC3)cn2)cc1. The molecule has 33 heavy (non-hydrogen) atoms. The Bertz CT molecular complexity index is 930. The van der Waals surface area contributed by atoms with Crippen molar-refractivity contribution in [2.45, 2.75) is 39.2 Å². The molecule has 1 aliphatic rings. The Morgan fingerprint density at radius 1 is 1.09 bits per heavy atom. The van der Waals surface area contributed by atoms with Gasteiger partial charge in [-0.1, -0.05) is 12.1 Å². The van der Waals surface area contributed by atoms with Crippen molar-refractivity contribution in [2.75, 3.05) is 33.9 Å². The maximum absolute atomic E-state index is 12.2. The van der Waals surface area contributed by atoms with Gasteiger partial charge in [-0.15, -0.1) is 0 Å². The van der Waals surface area contributed by atoms with Crippen LogP contribution in [0.2, 0.25) is 0 Å². The lowest BCUT2D eigenvalue weighted by Gasteiger charge is -2.33. The number of ether oxygens (including phenoxy) is 2. The summed E-state index contributed by atoms with van der Waals surface area (Å²) in [7, 11) is 3.02. The van der Waals surface area contributed by atoms with Gasteiger partial charge in [-0.25, -0.2) is 9.86 Å². The van der Waals surface area contributed by atoms with Crippen LogP contribution in [0.1, 0.15) is 44.0 Å². The van der Waals surface area contributed by atoms with Gasteiger partial charge < -0.3 is 14.4 Å². The second-order valence-electron chi connectivity index (χ2n) is 9.16. The fraction of sp³-hybridized carbons (Fsp3) is 0.480. The van der Waals surface area contributed by atoms with Crippen molar-refractivity contribution in [2.24, 2.45) is 5.92 Å². The van der Waals surface area contributed by atoms with Crippen molar-refractivity contribution in [1.29, 1.82) is 0 Å². The van der Waals surface area contributed by atoms with Crippen LogP contribution < -0.4 is 4.74 Å². The smallest absolute Gasteiger partial charge is 0.410 e. The van der Waals surface area contributed by atoms with E-state index in [-0.39, 0.29) is 12.0 Å². The molecule has 178 valence electrons. The average molecular weight is 456 g/mol. The van der Waals surface area contributed by atoms with Gasteiger partial charge in [0.1, 0.15) is 11.4 Å². The van der Waals surface area contributed by atoms with Gasteiger partial charge in [0.25, 0.3) is 5.91 Å². The molecule has 8 nitrogen and oxygen atoms in total. The van der Waals surface area contributed by atoms with E-state index in [2.05, 4.69) is 4.98 Å². The van der Waals surface area contributed by atoms with E-state index < -0.39 is 5.60 Å². The summed E-state index contributed by atoms with van der Waals surface area (Å²) in [6.45, 7) is 7.58. The van der Waals surface area contributed by atoms with Gasteiger partial charge in [0.05, 0.1) is 25.6 Å². The zero-order chi connectivity index (χ0) is 24.0. The van der Waals surface area contributed by atoms with E-state index >= 15 is 0 Å². The number of pyridine rings is 1. The monoisotopic (exact) mass is 455 g/mol. The number of hydrogen-bond donors (Lipinski definition) is 0. The van der Waals surface area contributed by atoms with Crippen LogP contribution in [-0.4, -0.2) is 66.4 Å². The minimum atomic E-state index is -0.476. The van der Waals surface area contributed by atoms with Crippen LogP contribution in [0.15, 0.2) is 42.6 Å². The summed E-state index contributed by atoms with van der Waals surface area (Å²) in [4.78, 5) is 35.5. The number of hydrogen-bond acceptors (Lipinski definition) is 6. The van der Waals surface area contributed by atoms with Gasteiger partial charge in [0, 0.05) is 31.3 Å². The number of hydroxylamine groups is 2. The average Bonchev–Trinajstić information content (AvgIpc) is 2.81. The number of amides is 2. The van der Waals surface area contributed by atoms with E-state index in [0.29, 0.717) is 36.9 Å². The maximum Gasteiger partial charge on any atom is 0.410 e. The van der Waals surface area contributed by atoms with Crippen LogP contribution in [0.4, 0.5) is 4.79 Å². The number of benzene rings is 1. The van der Waals surface area contributed by atoms with Crippen molar-refractivity contribution in [1.82, 2.24) is 14.9 Å². The van der Waals surface area contributed by atoms with E-state index in [9.17, 15) is 9.59 Å². The van der Waals surface area contributed by atoms with Crippen LogP contribution >= 0.6 is 0 Å². The molecule has 0 aliphatic carbocycles. The number of piperidine rings is 1. The van der Waals surface area contributed by atoms with Gasteiger partial charge in [-0.3, -0.25) is 14.6 Å². The van der Waals surface area contributed by atoms with E-state index in [4.69, 9.17) is 14.3 Å². The van der Waals surface area contributed by atoms with E-state index in [0.717, 1.165) is 24.1 Å². The molecule has 0 unspecified atom stereocenters. The normalized spacial score (nSPS) is 14.6. The lowest BCUT2D eigenvalue weighted by atomic mass is 9.98. The fourth-order valence-electron chi connectivity index (χ4n) is 3.51. The van der Waals surface area contributed by atoms with Crippen LogP contribution in [0, 0.1) is 5.92 Å². The molecule has 1 fully saturated rings. The van der Waals surface area contributed by atoms with Crippen LogP contribution in [0.3, 0.4) is 0 Å². The summed E-state index contributed by atoms with van der Waals surface area (Å²) in [6, 6.07) is 11.0. The third-order valence-electron chi connectivity index (χ3n) is 5.48. The lowest BCUT2D eigenvalue weighted by Crippen LogP contribution is -2.42. The maximum atomic E-state index is 12.2. The second kappa shape index (κ2) is 10.7. The Hall–Kier alpha value is -3.13. The molecule has 0 bridgehead atoms. The number of rotatable bonds is 6. The molecule has 1 saturated heterocycles. The molecule has 0 spiro atoms. The van der Waals surface area contributed by atoms with Crippen molar-refractivity contribution < 1.29 is 23.9 Å². The standard InChI is InChI=1S/C25H33N3O5/c1-25(2,3)33-24(30)28-14-12-18(13-15-28)17-32-21-10-11-22(26-16-21)19-6-8-20(9-7-19)23(29)27(4)31-5/h6-11,16,18H,12-15,17H2,1-5H3. The fourth-order valence-corrected chi connectivity index (χ4v) is 3.51. The summed E-state index contributed by atoms with van der Waals surface area (Å²) >= 11 is 0. The first-order valence-electron chi connectivity index (χ1n) is 11.2. The quantitative estimate of drug-likeness (QED) is 0.600. The molecule has 1 aromatic carbocycles. The predicted octanol–water partition coefficient (Wildman–Crippen LogP) is 4.41. The highest BCUT2D eigenvalue weighted by Crippen LogP contribution is 2.23. The molecule has 1 aliphatic heterocycles. The first-order chi connectivity index (χ1) is 15.7.